The van der Waals surface area contributed by atoms with Crippen molar-refractivity contribution >= 4 is 11.7 Å². The summed E-state index contributed by atoms with van der Waals surface area (Å²) in [5.41, 5.74) is 2.72. The van der Waals surface area contributed by atoms with Gasteiger partial charge < -0.3 is 14.6 Å². The standard InChI is InChI=1S/C16H22N4O2/c1-11(2)15-14(9-19(3)18-15)17-16(21)20(13-4-5-13)8-12-6-7-22-10-12/h6-7,9-11,13H,4-5,8H2,1-3H3,(H,17,21). The molecular weight excluding hydrogens is 280 g/mol. The minimum absolute atomic E-state index is 0.0707. The molecule has 0 aromatic carbocycles. The molecule has 1 saturated carbocycles. The van der Waals surface area contributed by atoms with Gasteiger partial charge in [-0.2, -0.15) is 5.10 Å². The number of carbonyl (C=O) groups is 1. The van der Waals surface area contributed by atoms with Gasteiger partial charge in [0.15, 0.2) is 0 Å². The number of aromatic nitrogens is 2. The number of amides is 2. The highest BCUT2D eigenvalue weighted by Gasteiger charge is 2.33. The molecular formula is C16H22N4O2. The van der Waals surface area contributed by atoms with Crippen molar-refractivity contribution in [2.75, 3.05) is 5.32 Å². The van der Waals surface area contributed by atoms with Crippen molar-refractivity contribution in [1.29, 1.82) is 0 Å². The second kappa shape index (κ2) is 5.87. The van der Waals surface area contributed by atoms with Crippen LogP contribution < -0.4 is 5.32 Å². The molecule has 0 radical (unpaired) electrons. The first-order valence-electron chi connectivity index (χ1n) is 7.67. The van der Waals surface area contributed by atoms with E-state index >= 15 is 0 Å². The fraction of sp³-hybridized carbons (Fsp3) is 0.500. The number of hydrogen-bond donors (Lipinski definition) is 1. The largest absolute Gasteiger partial charge is 0.472 e. The van der Waals surface area contributed by atoms with Crippen LogP contribution in [0.15, 0.2) is 29.2 Å². The molecule has 0 bridgehead atoms. The Kier molecular flexibility index (Phi) is 3.92. The van der Waals surface area contributed by atoms with E-state index in [2.05, 4.69) is 24.3 Å². The Balaban J connectivity index is 1.74. The molecule has 0 atom stereocenters. The Morgan fingerprint density at radius 2 is 2.32 bits per heavy atom. The summed E-state index contributed by atoms with van der Waals surface area (Å²) in [6.07, 6.45) is 7.31. The summed E-state index contributed by atoms with van der Waals surface area (Å²) in [5, 5.41) is 7.45. The van der Waals surface area contributed by atoms with Crippen LogP contribution in [0.2, 0.25) is 0 Å². The lowest BCUT2D eigenvalue weighted by atomic mass is 10.1. The van der Waals surface area contributed by atoms with Crippen molar-refractivity contribution in [3.63, 3.8) is 0 Å². The number of nitrogens with zero attached hydrogens (tertiary/aromatic N) is 3. The van der Waals surface area contributed by atoms with Crippen LogP contribution in [0.5, 0.6) is 0 Å². The molecule has 22 heavy (non-hydrogen) atoms. The van der Waals surface area contributed by atoms with Gasteiger partial charge in [0.2, 0.25) is 0 Å². The minimum atomic E-state index is -0.0707. The van der Waals surface area contributed by atoms with Gasteiger partial charge in [0, 0.05) is 24.8 Å². The van der Waals surface area contributed by atoms with Gasteiger partial charge in [-0.25, -0.2) is 4.79 Å². The summed E-state index contributed by atoms with van der Waals surface area (Å²) in [6, 6.07) is 2.15. The van der Waals surface area contributed by atoms with Crippen molar-refractivity contribution in [2.45, 2.75) is 45.2 Å². The monoisotopic (exact) mass is 302 g/mol. The normalized spacial score (nSPS) is 14.4. The first kappa shape index (κ1) is 14.7. The topological polar surface area (TPSA) is 63.3 Å². The maximum Gasteiger partial charge on any atom is 0.322 e. The third kappa shape index (κ3) is 3.16. The number of aryl methyl sites for hydroxylation is 1. The molecule has 2 heterocycles. The summed E-state index contributed by atoms with van der Waals surface area (Å²) in [4.78, 5) is 14.5. The smallest absolute Gasteiger partial charge is 0.322 e. The van der Waals surface area contributed by atoms with E-state index in [4.69, 9.17) is 4.42 Å². The SMILES string of the molecule is CC(C)c1nn(C)cc1NC(=O)N(Cc1ccoc1)C1CC1. The van der Waals surface area contributed by atoms with Crippen molar-refractivity contribution < 1.29 is 9.21 Å². The zero-order valence-corrected chi connectivity index (χ0v) is 13.2. The number of carbonyl (C=O) groups excluding carboxylic acids is 1. The van der Waals surface area contributed by atoms with Crippen molar-refractivity contribution in [2.24, 2.45) is 7.05 Å². The molecule has 118 valence electrons. The van der Waals surface area contributed by atoms with Gasteiger partial charge in [-0.15, -0.1) is 0 Å². The Hall–Kier alpha value is -2.24. The highest BCUT2D eigenvalue weighted by atomic mass is 16.3. The van der Waals surface area contributed by atoms with Crippen LogP contribution in [0.1, 0.15) is 43.9 Å². The molecule has 0 unspecified atom stereocenters. The fourth-order valence-corrected chi connectivity index (χ4v) is 2.55. The van der Waals surface area contributed by atoms with Gasteiger partial charge in [-0.05, 0) is 24.8 Å². The highest BCUT2D eigenvalue weighted by Crippen LogP contribution is 2.30. The van der Waals surface area contributed by atoms with Crippen LogP contribution in [-0.2, 0) is 13.6 Å². The number of furan rings is 1. The summed E-state index contributed by atoms with van der Waals surface area (Å²) in [6.45, 7) is 4.72. The van der Waals surface area contributed by atoms with Gasteiger partial charge >= 0.3 is 6.03 Å². The second-order valence-corrected chi connectivity index (χ2v) is 6.18. The van der Waals surface area contributed by atoms with Crippen molar-refractivity contribution in [3.8, 4) is 0 Å². The van der Waals surface area contributed by atoms with E-state index in [-0.39, 0.29) is 11.9 Å². The van der Waals surface area contributed by atoms with E-state index in [0.717, 1.165) is 29.8 Å². The Bertz CT molecular complexity index is 641. The van der Waals surface area contributed by atoms with E-state index in [1.165, 1.54) is 0 Å². The summed E-state index contributed by atoms with van der Waals surface area (Å²) in [7, 11) is 1.87. The summed E-state index contributed by atoms with van der Waals surface area (Å²) in [5.74, 6) is 0.264. The van der Waals surface area contributed by atoms with Gasteiger partial charge in [0.1, 0.15) is 0 Å². The van der Waals surface area contributed by atoms with Gasteiger partial charge in [0.25, 0.3) is 0 Å². The van der Waals surface area contributed by atoms with E-state index < -0.39 is 0 Å². The molecule has 1 aliphatic rings. The van der Waals surface area contributed by atoms with Crippen LogP contribution in [-0.4, -0.2) is 26.8 Å². The molecule has 2 aromatic rings. The quantitative estimate of drug-likeness (QED) is 0.921. The van der Waals surface area contributed by atoms with Crippen LogP contribution in [0.4, 0.5) is 10.5 Å². The third-order valence-electron chi connectivity index (χ3n) is 3.83. The van der Waals surface area contributed by atoms with Crippen LogP contribution in [0, 0.1) is 0 Å². The average Bonchev–Trinajstić information content (AvgIpc) is 3.03. The molecule has 0 saturated heterocycles. The molecule has 0 aliphatic heterocycles. The predicted molar refractivity (Wildman–Crippen MR) is 83.6 cm³/mol. The Labute approximate surface area is 130 Å². The van der Waals surface area contributed by atoms with E-state index in [1.54, 1.807) is 17.2 Å². The van der Waals surface area contributed by atoms with E-state index in [1.807, 2.05) is 24.2 Å². The summed E-state index contributed by atoms with van der Waals surface area (Å²) >= 11 is 0. The lowest BCUT2D eigenvalue weighted by molar-refractivity contribution is 0.206. The zero-order valence-electron chi connectivity index (χ0n) is 13.2. The number of urea groups is 1. The van der Waals surface area contributed by atoms with Crippen LogP contribution >= 0.6 is 0 Å². The number of anilines is 1. The molecule has 1 N–H and O–H groups in total. The van der Waals surface area contributed by atoms with Gasteiger partial charge in [0.05, 0.1) is 30.5 Å². The zero-order chi connectivity index (χ0) is 15.7. The molecule has 1 fully saturated rings. The van der Waals surface area contributed by atoms with Crippen molar-refractivity contribution in [3.05, 3.63) is 36.0 Å². The lowest BCUT2D eigenvalue weighted by Crippen LogP contribution is -2.36. The van der Waals surface area contributed by atoms with Gasteiger partial charge in [-0.3, -0.25) is 4.68 Å². The average molecular weight is 302 g/mol. The molecule has 2 aromatic heterocycles. The highest BCUT2D eigenvalue weighted by molar-refractivity contribution is 5.90. The minimum Gasteiger partial charge on any atom is -0.472 e. The fourth-order valence-electron chi connectivity index (χ4n) is 2.55. The van der Waals surface area contributed by atoms with Gasteiger partial charge in [-0.1, -0.05) is 13.8 Å². The molecule has 3 rings (SSSR count). The first-order chi connectivity index (χ1) is 10.5. The van der Waals surface area contributed by atoms with Crippen LogP contribution in [0.3, 0.4) is 0 Å². The third-order valence-corrected chi connectivity index (χ3v) is 3.83. The maximum absolute atomic E-state index is 12.7. The van der Waals surface area contributed by atoms with E-state index in [9.17, 15) is 4.79 Å². The second-order valence-electron chi connectivity index (χ2n) is 6.18. The van der Waals surface area contributed by atoms with Crippen molar-refractivity contribution in [1.82, 2.24) is 14.7 Å². The van der Waals surface area contributed by atoms with Crippen LogP contribution in [0.25, 0.3) is 0 Å². The van der Waals surface area contributed by atoms with E-state index in [0.29, 0.717) is 12.6 Å². The first-order valence-corrected chi connectivity index (χ1v) is 7.67. The lowest BCUT2D eigenvalue weighted by Gasteiger charge is -2.22. The molecule has 6 heteroatoms. The number of rotatable bonds is 5. The summed E-state index contributed by atoms with van der Waals surface area (Å²) < 4.78 is 6.83. The molecule has 1 aliphatic carbocycles. The number of nitrogens with one attached hydrogen (secondary N) is 1. The maximum atomic E-state index is 12.7. The predicted octanol–water partition coefficient (Wildman–Crippen LogP) is 3.33. The Morgan fingerprint density at radius 1 is 1.55 bits per heavy atom. The molecule has 0 spiro atoms. The number of hydrogen-bond acceptors (Lipinski definition) is 3. The molecule has 2 amide bonds. The molecule has 6 nitrogen and oxygen atoms in total. The Morgan fingerprint density at radius 3 is 2.91 bits per heavy atom.